The number of anilines is 1. The zero-order valence-electron chi connectivity index (χ0n) is 12.0. The average Bonchev–Trinajstić information content (AvgIpc) is 2.45. The highest BCUT2D eigenvalue weighted by Crippen LogP contribution is 2.22. The molecule has 1 heterocycles. The summed E-state index contributed by atoms with van der Waals surface area (Å²) in [5, 5.41) is 0. The number of hydrogen-bond donors (Lipinski definition) is 2. The highest BCUT2D eigenvalue weighted by atomic mass is 16.5. The van der Waals surface area contributed by atoms with Crippen molar-refractivity contribution in [3.8, 4) is 17.0 Å². The van der Waals surface area contributed by atoms with Crippen LogP contribution in [0.3, 0.4) is 0 Å². The van der Waals surface area contributed by atoms with Crippen LogP contribution in [0.1, 0.15) is 24.3 Å². The van der Waals surface area contributed by atoms with Crippen LogP contribution >= 0.6 is 0 Å². The summed E-state index contributed by atoms with van der Waals surface area (Å²) >= 11 is 0. The van der Waals surface area contributed by atoms with Crippen LogP contribution in [-0.4, -0.2) is 22.5 Å². The van der Waals surface area contributed by atoms with E-state index in [0.717, 1.165) is 11.3 Å². The maximum Gasteiger partial charge on any atom is 0.267 e. The Balaban J connectivity index is 2.24. The van der Waals surface area contributed by atoms with Gasteiger partial charge in [-0.2, -0.15) is 0 Å². The van der Waals surface area contributed by atoms with Gasteiger partial charge in [-0.3, -0.25) is 4.79 Å². The number of amides is 1. The molecule has 0 aliphatic rings. The highest BCUT2D eigenvalue weighted by molar-refractivity contribution is 5.92. The molecule has 0 aliphatic heterocycles. The van der Waals surface area contributed by atoms with E-state index in [0.29, 0.717) is 18.2 Å². The smallest absolute Gasteiger partial charge is 0.267 e. The van der Waals surface area contributed by atoms with E-state index in [9.17, 15) is 4.79 Å². The van der Waals surface area contributed by atoms with Gasteiger partial charge in [-0.1, -0.05) is 13.8 Å². The molecular weight excluding hydrogens is 268 g/mol. The van der Waals surface area contributed by atoms with Crippen LogP contribution in [0.25, 0.3) is 11.3 Å². The lowest BCUT2D eigenvalue weighted by molar-refractivity contribution is 0.0995. The zero-order valence-corrected chi connectivity index (χ0v) is 12.0. The van der Waals surface area contributed by atoms with Crippen molar-refractivity contribution >= 4 is 11.9 Å². The minimum absolute atomic E-state index is 0.0152. The summed E-state index contributed by atoms with van der Waals surface area (Å²) in [5.74, 6) is 0.623. The first-order chi connectivity index (χ1) is 9.95. The van der Waals surface area contributed by atoms with E-state index in [1.807, 2.05) is 24.3 Å². The Morgan fingerprint density at radius 3 is 2.48 bits per heavy atom. The molecule has 2 rings (SSSR count). The molecule has 0 saturated carbocycles. The number of primary amides is 1. The van der Waals surface area contributed by atoms with Crippen LogP contribution in [0.5, 0.6) is 5.75 Å². The lowest BCUT2D eigenvalue weighted by Crippen LogP contribution is -2.15. The Morgan fingerprint density at radius 1 is 1.24 bits per heavy atom. The number of nitrogens with zero attached hydrogens (tertiary/aromatic N) is 2. The number of hydrogen-bond acceptors (Lipinski definition) is 5. The third-order valence-corrected chi connectivity index (χ3v) is 2.73. The molecule has 0 unspecified atom stereocenters. The van der Waals surface area contributed by atoms with Gasteiger partial charge in [-0.15, -0.1) is 0 Å². The SMILES string of the molecule is CC(C)COc1ccc(-c2cc(C(N)=O)nc(N)n2)cc1. The largest absolute Gasteiger partial charge is 0.493 e. The van der Waals surface area contributed by atoms with Crippen molar-refractivity contribution in [2.75, 3.05) is 12.3 Å². The lowest BCUT2D eigenvalue weighted by Gasteiger charge is -2.09. The van der Waals surface area contributed by atoms with Gasteiger partial charge < -0.3 is 16.2 Å². The number of nitrogens with two attached hydrogens (primary N) is 2. The van der Waals surface area contributed by atoms with Gasteiger partial charge in [0.1, 0.15) is 11.4 Å². The molecule has 0 spiro atoms. The number of carbonyl (C=O) groups is 1. The van der Waals surface area contributed by atoms with E-state index < -0.39 is 5.91 Å². The first-order valence-corrected chi connectivity index (χ1v) is 6.63. The van der Waals surface area contributed by atoms with Gasteiger partial charge in [0.25, 0.3) is 5.91 Å². The average molecular weight is 286 g/mol. The van der Waals surface area contributed by atoms with Crippen molar-refractivity contribution in [1.29, 1.82) is 0 Å². The number of benzene rings is 1. The zero-order chi connectivity index (χ0) is 15.4. The second-order valence-electron chi connectivity index (χ2n) is 5.09. The molecule has 6 heteroatoms. The van der Waals surface area contributed by atoms with Crippen LogP contribution in [0.4, 0.5) is 5.95 Å². The quantitative estimate of drug-likeness (QED) is 0.873. The number of ether oxygens (including phenoxy) is 1. The van der Waals surface area contributed by atoms with Crippen LogP contribution in [-0.2, 0) is 0 Å². The van der Waals surface area contributed by atoms with Gasteiger partial charge in [0.05, 0.1) is 12.3 Å². The van der Waals surface area contributed by atoms with Crippen molar-refractivity contribution in [2.24, 2.45) is 11.7 Å². The fraction of sp³-hybridized carbons (Fsp3) is 0.267. The Labute approximate surface area is 123 Å². The maximum atomic E-state index is 11.2. The monoisotopic (exact) mass is 286 g/mol. The summed E-state index contributed by atoms with van der Waals surface area (Å²) in [6.45, 7) is 4.83. The van der Waals surface area contributed by atoms with Gasteiger partial charge >= 0.3 is 0 Å². The summed E-state index contributed by atoms with van der Waals surface area (Å²) in [6, 6.07) is 8.91. The number of aromatic nitrogens is 2. The van der Waals surface area contributed by atoms with E-state index in [2.05, 4.69) is 23.8 Å². The van der Waals surface area contributed by atoms with E-state index in [1.165, 1.54) is 6.07 Å². The van der Waals surface area contributed by atoms with E-state index in [1.54, 1.807) is 0 Å². The molecule has 4 N–H and O–H groups in total. The first kappa shape index (κ1) is 14.8. The molecule has 0 fully saturated rings. The molecule has 1 amide bonds. The molecule has 2 aromatic rings. The predicted octanol–water partition coefficient (Wildman–Crippen LogP) is 1.86. The normalized spacial score (nSPS) is 10.6. The van der Waals surface area contributed by atoms with Gasteiger partial charge in [-0.05, 0) is 36.2 Å². The fourth-order valence-corrected chi connectivity index (χ4v) is 1.72. The van der Waals surface area contributed by atoms with Gasteiger partial charge in [0.15, 0.2) is 0 Å². The van der Waals surface area contributed by atoms with Crippen LogP contribution in [0, 0.1) is 5.92 Å². The third kappa shape index (κ3) is 3.92. The van der Waals surface area contributed by atoms with Crippen molar-refractivity contribution < 1.29 is 9.53 Å². The van der Waals surface area contributed by atoms with Gasteiger partial charge in [-0.25, -0.2) is 9.97 Å². The van der Waals surface area contributed by atoms with Crippen molar-refractivity contribution in [3.05, 3.63) is 36.0 Å². The molecule has 21 heavy (non-hydrogen) atoms. The van der Waals surface area contributed by atoms with Crippen LogP contribution in [0.2, 0.25) is 0 Å². The Kier molecular flexibility index (Phi) is 4.37. The molecule has 6 nitrogen and oxygen atoms in total. The molecule has 110 valence electrons. The fourth-order valence-electron chi connectivity index (χ4n) is 1.72. The molecule has 0 aliphatic carbocycles. The van der Waals surface area contributed by atoms with Gasteiger partial charge in [0, 0.05) is 5.56 Å². The molecule has 0 bridgehead atoms. The minimum Gasteiger partial charge on any atom is -0.493 e. The summed E-state index contributed by atoms with van der Waals surface area (Å²) in [4.78, 5) is 19.1. The summed E-state index contributed by atoms with van der Waals surface area (Å²) in [6.07, 6.45) is 0. The van der Waals surface area contributed by atoms with Crippen LogP contribution in [0.15, 0.2) is 30.3 Å². The Morgan fingerprint density at radius 2 is 1.90 bits per heavy atom. The lowest BCUT2D eigenvalue weighted by atomic mass is 10.1. The van der Waals surface area contributed by atoms with Crippen molar-refractivity contribution in [3.63, 3.8) is 0 Å². The third-order valence-electron chi connectivity index (χ3n) is 2.73. The Bertz CT molecular complexity index is 639. The summed E-state index contributed by atoms with van der Waals surface area (Å²) < 4.78 is 5.61. The van der Waals surface area contributed by atoms with E-state index in [-0.39, 0.29) is 11.6 Å². The van der Waals surface area contributed by atoms with Crippen molar-refractivity contribution in [2.45, 2.75) is 13.8 Å². The molecule has 1 aromatic carbocycles. The number of carbonyl (C=O) groups excluding carboxylic acids is 1. The molecule has 0 saturated heterocycles. The standard InChI is InChI=1S/C15H18N4O2/c1-9(2)8-21-11-5-3-10(4-6-11)12-7-13(14(16)20)19-15(17)18-12/h3-7,9H,8H2,1-2H3,(H2,16,20)(H2,17,18,19). The van der Waals surface area contributed by atoms with Crippen molar-refractivity contribution in [1.82, 2.24) is 9.97 Å². The second kappa shape index (κ2) is 6.21. The van der Waals surface area contributed by atoms with E-state index >= 15 is 0 Å². The van der Waals surface area contributed by atoms with Crippen LogP contribution < -0.4 is 16.2 Å². The number of rotatable bonds is 5. The maximum absolute atomic E-state index is 11.2. The number of nitrogen functional groups attached to an aromatic ring is 1. The van der Waals surface area contributed by atoms with E-state index in [4.69, 9.17) is 16.2 Å². The summed E-state index contributed by atoms with van der Waals surface area (Å²) in [7, 11) is 0. The Hall–Kier alpha value is -2.63. The highest BCUT2D eigenvalue weighted by Gasteiger charge is 2.09. The molecule has 0 atom stereocenters. The first-order valence-electron chi connectivity index (χ1n) is 6.63. The van der Waals surface area contributed by atoms with Gasteiger partial charge in [0.2, 0.25) is 5.95 Å². The molecule has 0 radical (unpaired) electrons. The summed E-state index contributed by atoms with van der Waals surface area (Å²) in [5.41, 5.74) is 12.3. The topological polar surface area (TPSA) is 104 Å². The molecule has 1 aromatic heterocycles. The second-order valence-corrected chi connectivity index (χ2v) is 5.09. The minimum atomic E-state index is -0.637. The predicted molar refractivity (Wildman–Crippen MR) is 80.7 cm³/mol. The molecular formula is C15H18N4O2.